The number of anilines is 1. The summed E-state index contributed by atoms with van der Waals surface area (Å²) in [5.74, 6) is 0.486. The van der Waals surface area contributed by atoms with Crippen molar-refractivity contribution in [3.05, 3.63) is 71.3 Å². The molecule has 142 valence electrons. The first-order chi connectivity index (χ1) is 13.5. The smallest absolute Gasteiger partial charge is 0.257 e. The van der Waals surface area contributed by atoms with E-state index in [-0.39, 0.29) is 17.1 Å². The molecule has 0 heterocycles. The highest BCUT2D eigenvalue weighted by molar-refractivity contribution is 7.80. The number of hydrogen-bond donors (Lipinski definition) is 2. The summed E-state index contributed by atoms with van der Waals surface area (Å²) in [5.41, 5.74) is 4.18. The number of carbonyl (C=O) groups is 1. The standard InChI is InChI=1S/C23H22N2O2S/c1-14(2)27-18-11-8-17(9-12-18)22(26)25-23(28)24-20-13-10-16-7-6-15-4-3-5-19(20)21(15)16/h3-5,8-14H,6-7H2,1-2H3,(H2,24,25,26,28). The van der Waals surface area contributed by atoms with Gasteiger partial charge in [0.05, 0.1) is 6.10 Å². The van der Waals surface area contributed by atoms with Crippen LogP contribution in [0, 0.1) is 0 Å². The minimum atomic E-state index is -0.250. The molecular weight excluding hydrogens is 368 g/mol. The first-order valence-electron chi connectivity index (χ1n) is 9.44. The van der Waals surface area contributed by atoms with Crippen LogP contribution in [-0.2, 0) is 12.8 Å². The predicted octanol–water partition coefficient (Wildman–Crippen LogP) is 4.85. The van der Waals surface area contributed by atoms with Gasteiger partial charge in [0, 0.05) is 16.6 Å². The topological polar surface area (TPSA) is 50.4 Å². The number of aryl methyl sites for hydroxylation is 2. The lowest BCUT2D eigenvalue weighted by molar-refractivity contribution is 0.0977. The lowest BCUT2D eigenvalue weighted by Crippen LogP contribution is -2.34. The summed E-state index contributed by atoms with van der Waals surface area (Å²) < 4.78 is 5.60. The summed E-state index contributed by atoms with van der Waals surface area (Å²) in [7, 11) is 0. The van der Waals surface area contributed by atoms with E-state index in [4.69, 9.17) is 17.0 Å². The van der Waals surface area contributed by atoms with Crippen LogP contribution in [-0.4, -0.2) is 17.1 Å². The third kappa shape index (κ3) is 3.71. The fraction of sp³-hybridized carbons (Fsp3) is 0.217. The van der Waals surface area contributed by atoms with Crippen LogP contribution >= 0.6 is 12.2 Å². The van der Waals surface area contributed by atoms with Crippen molar-refractivity contribution >= 4 is 39.7 Å². The minimum Gasteiger partial charge on any atom is -0.491 e. The molecule has 0 bridgehead atoms. The van der Waals surface area contributed by atoms with Crippen LogP contribution in [0.4, 0.5) is 5.69 Å². The maximum Gasteiger partial charge on any atom is 0.257 e. The van der Waals surface area contributed by atoms with Crippen LogP contribution in [0.5, 0.6) is 5.75 Å². The number of amides is 1. The molecule has 0 saturated heterocycles. The zero-order valence-electron chi connectivity index (χ0n) is 15.9. The van der Waals surface area contributed by atoms with Gasteiger partial charge in [0.15, 0.2) is 5.11 Å². The van der Waals surface area contributed by atoms with E-state index in [0.29, 0.717) is 5.56 Å². The normalized spacial score (nSPS) is 12.2. The van der Waals surface area contributed by atoms with Crippen molar-refractivity contribution in [2.45, 2.75) is 32.8 Å². The largest absolute Gasteiger partial charge is 0.491 e. The Hall–Kier alpha value is -2.92. The fourth-order valence-electron chi connectivity index (χ4n) is 3.64. The number of rotatable bonds is 4. The average molecular weight is 391 g/mol. The van der Waals surface area contributed by atoms with Gasteiger partial charge >= 0.3 is 0 Å². The van der Waals surface area contributed by atoms with E-state index in [1.54, 1.807) is 24.3 Å². The zero-order chi connectivity index (χ0) is 19.7. The van der Waals surface area contributed by atoms with Gasteiger partial charge in [0.1, 0.15) is 5.75 Å². The van der Waals surface area contributed by atoms with Crippen molar-refractivity contribution in [1.82, 2.24) is 5.32 Å². The van der Waals surface area contributed by atoms with Crippen LogP contribution in [0.1, 0.15) is 35.3 Å². The number of hydrogen-bond acceptors (Lipinski definition) is 3. The number of nitrogens with one attached hydrogen (secondary N) is 2. The van der Waals surface area contributed by atoms with E-state index >= 15 is 0 Å². The third-order valence-electron chi connectivity index (χ3n) is 4.84. The number of carbonyl (C=O) groups excluding carboxylic acids is 1. The minimum absolute atomic E-state index is 0.0919. The van der Waals surface area contributed by atoms with Crippen molar-refractivity contribution < 1.29 is 9.53 Å². The van der Waals surface area contributed by atoms with Crippen LogP contribution in [0.3, 0.4) is 0 Å². The molecule has 0 aliphatic heterocycles. The number of ether oxygens (including phenoxy) is 1. The molecule has 0 atom stereocenters. The van der Waals surface area contributed by atoms with E-state index in [9.17, 15) is 4.79 Å². The maximum atomic E-state index is 12.5. The fourth-order valence-corrected chi connectivity index (χ4v) is 3.84. The number of benzene rings is 3. The zero-order valence-corrected chi connectivity index (χ0v) is 16.7. The van der Waals surface area contributed by atoms with Gasteiger partial charge in [-0.15, -0.1) is 0 Å². The number of thiocarbonyl (C=S) groups is 1. The van der Waals surface area contributed by atoms with Gasteiger partial charge in [0.2, 0.25) is 0 Å². The second kappa shape index (κ2) is 7.60. The van der Waals surface area contributed by atoms with Crippen molar-refractivity contribution in [3.63, 3.8) is 0 Å². The van der Waals surface area contributed by atoms with Gasteiger partial charge < -0.3 is 10.1 Å². The molecule has 0 spiro atoms. The molecule has 0 unspecified atom stereocenters. The summed E-state index contributed by atoms with van der Waals surface area (Å²) in [4.78, 5) is 12.5. The molecule has 1 aliphatic carbocycles. The third-order valence-corrected chi connectivity index (χ3v) is 5.04. The van der Waals surface area contributed by atoms with Crippen LogP contribution in [0.15, 0.2) is 54.6 Å². The SMILES string of the molecule is CC(C)Oc1ccc(C(=O)NC(=S)Nc2ccc3c4c(cccc24)CC3)cc1. The van der Waals surface area contributed by atoms with E-state index in [0.717, 1.165) is 29.7 Å². The maximum absolute atomic E-state index is 12.5. The van der Waals surface area contributed by atoms with Gasteiger partial charge in [-0.25, -0.2) is 0 Å². The lowest BCUT2D eigenvalue weighted by atomic mass is 10.0. The van der Waals surface area contributed by atoms with Gasteiger partial charge in [-0.1, -0.05) is 24.3 Å². The highest BCUT2D eigenvalue weighted by Crippen LogP contribution is 2.34. The Balaban J connectivity index is 1.46. The summed E-state index contributed by atoms with van der Waals surface area (Å²) in [5, 5.41) is 8.66. The van der Waals surface area contributed by atoms with Gasteiger partial charge in [-0.3, -0.25) is 10.1 Å². The molecule has 1 amide bonds. The molecule has 0 fully saturated rings. The van der Waals surface area contributed by atoms with Crippen molar-refractivity contribution in [3.8, 4) is 5.75 Å². The lowest BCUT2D eigenvalue weighted by Gasteiger charge is -2.13. The summed E-state index contributed by atoms with van der Waals surface area (Å²) in [6.07, 6.45) is 2.25. The first kappa shape index (κ1) is 18.4. The second-order valence-corrected chi connectivity index (χ2v) is 7.62. The van der Waals surface area contributed by atoms with E-state index in [1.165, 1.54) is 16.5 Å². The predicted molar refractivity (Wildman–Crippen MR) is 117 cm³/mol. The molecule has 0 saturated carbocycles. The Bertz CT molecular complexity index is 1050. The van der Waals surface area contributed by atoms with Crippen molar-refractivity contribution in [2.75, 3.05) is 5.32 Å². The van der Waals surface area contributed by atoms with Crippen LogP contribution in [0.25, 0.3) is 10.8 Å². The van der Waals surface area contributed by atoms with E-state index < -0.39 is 0 Å². The Morgan fingerprint density at radius 3 is 2.43 bits per heavy atom. The molecular formula is C23H22N2O2S. The van der Waals surface area contributed by atoms with Gasteiger partial charge in [-0.05, 0) is 85.8 Å². The molecule has 0 radical (unpaired) electrons. The summed E-state index contributed by atoms with van der Waals surface area (Å²) >= 11 is 5.37. The highest BCUT2D eigenvalue weighted by Gasteiger charge is 2.16. The average Bonchev–Trinajstić information content (AvgIpc) is 3.09. The molecule has 3 aromatic rings. The van der Waals surface area contributed by atoms with Crippen molar-refractivity contribution in [1.29, 1.82) is 0 Å². The molecule has 3 aromatic carbocycles. The summed E-state index contributed by atoms with van der Waals surface area (Å²) in [6.45, 7) is 3.93. The highest BCUT2D eigenvalue weighted by atomic mass is 32.1. The van der Waals surface area contributed by atoms with Gasteiger partial charge in [0.25, 0.3) is 5.91 Å². The molecule has 5 heteroatoms. The quantitative estimate of drug-likeness (QED) is 0.625. The Labute approximate surface area is 169 Å². The molecule has 1 aliphatic rings. The Kier molecular flexibility index (Phi) is 5.01. The Morgan fingerprint density at radius 1 is 1.00 bits per heavy atom. The first-order valence-corrected chi connectivity index (χ1v) is 9.84. The Morgan fingerprint density at radius 2 is 1.71 bits per heavy atom. The van der Waals surface area contributed by atoms with E-state index in [2.05, 4.69) is 34.9 Å². The summed E-state index contributed by atoms with van der Waals surface area (Å²) in [6, 6.07) is 17.5. The molecule has 4 rings (SSSR count). The van der Waals surface area contributed by atoms with Crippen LogP contribution in [0.2, 0.25) is 0 Å². The second-order valence-electron chi connectivity index (χ2n) is 7.21. The molecule has 28 heavy (non-hydrogen) atoms. The molecule has 4 nitrogen and oxygen atoms in total. The monoisotopic (exact) mass is 390 g/mol. The van der Waals surface area contributed by atoms with Crippen molar-refractivity contribution in [2.24, 2.45) is 0 Å². The van der Waals surface area contributed by atoms with Gasteiger partial charge in [-0.2, -0.15) is 0 Å². The molecule has 2 N–H and O–H groups in total. The molecule has 0 aromatic heterocycles. The van der Waals surface area contributed by atoms with E-state index in [1.807, 2.05) is 19.9 Å². The van der Waals surface area contributed by atoms with Crippen LogP contribution < -0.4 is 15.4 Å².